The molecule has 118 valence electrons. The molecule has 0 aliphatic heterocycles. The van der Waals surface area contributed by atoms with Crippen LogP contribution in [-0.2, 0) is 0 Å². The summed E-state index contributed by atoms with van der Waals surface area (Å²) >= 11 is 0. The largest absolute Gasteiger partial charge is 0.198 e. The summed E-state index contributed by atoms with van der Waals surface area (Å²) in [6, 6.07) is 0. The summed E-state index contributed by atoms with van der Waals surface area (Å²) in [6.07, 6.45) is 5.00. The Morgan fingerprint density at radius 2 is 0.500 bits per heavy atom. The second-order valence-corrected chi connectivity index (χ2v) is 3.23. The Morgan fingerprint density at radius 3 is 0.500 bits per heavy atom. The van der Waals surface area contributed by atoms with E-state index in [4.69, 9.17) is 0 Å². The van der Waals surface area contributed by atoms with Gasteiger partial charge in [-0.1, -0.05) is 94.9 Å². The maximum atomic E-state index is 3.36. The molecule has 0 unspecified atom stereocenters. The molecule has 0 atom stereocenters. The van der Waals surface area contributed by atoms with Crippen LogP contribution in [0.2, 0.25) is 0 Å². The van der Waals surface area contributed by atoms with E-state index in [1.54, 1.807) is 14.1 Å². The second kappa shape index (κ2) is 129. The fraction of sp³-hybridized carbons (Fsp3) is 1.00. The number of hydrogen-bond donors (Lipinski definition) is 0. The first-order valence-electron chi connectivity index (χ1n) is 7.75. The molecule has 0 amide bonds. The molecule has 0 aliphatic rings. The highest BCUT2D eigenvalue weighted by atomic mass is 15.0. The SMILES string of the molecule is CC.CCC.CCC.CCC.CCC.CN=NC. The monoisotopic (exact) mass is 264 g/mol. The topological polar surface area (TPSA) is 24.7 Å². The lowest BCUT2D eigenvalue weighted by atomic mass is 10.6. The Balaban J connectivity index is -0.0000000243. The van der Waals surface area contributed by atoms with Gasteiger partial charge in [0.15, 0.2) is 0 Å². The maximum absolute atomic E-state index is 3.36. The zero-order chi connectivity index (χ0) is 16.2. The van der Waals surface area contributed by atoms with Gasteiger partial charge in [0.25, 0.3) is 0 Å². The van der Waals surface area contributed by atoms with Crippen LogP contribution in [0.15, 0.2) is 10.2 Å². The minimum atomic E-state index is 1.25. The molecule has 0 saturated carbocycles. The summed E-state index contributed by atoms with van der Waals surface area (Å²) in [6.45, 7) is 21.0. The van der Waals surface area contributed by atoms with Crippen LogP contribution in [0.1, 0.15) is 94.9 Å². The Labute approximate surface area is 120 Å². The molecule has 0 rings (SSSR count). The molecule has 0 saturated heterocycles. The molecule has 0 N–H and O–H groups in total. The van der Waals surface area contributed by atoms with Crippen molar-refractivity contribution in [3.05, 3.63) is 0 Å². The van der Waals surface area contributed by atoms with Crippen LogP contribution in [0.3, 0.4) is 0 Å². The summed E-state index contributed by atoms with van der Waals surface area (Å²) in [5.74, 6) is 0. The summed E-state index contributed by atoms with van der Waals surface area (Å²) in [4.78, 5) is 0. The third kappa shape index (κ3) is 9240. The number of hydrogen-bond acceptors (Lipinski definition) is 2. The van der Waals surface area contributed by atoms with Gasteiger partial charge in [-0.3, -0.25) is 0 Å². The van der Waals surface area contributed by atoms with Gasteiger partial charge in [-0.15, -0.1) is 0 Å². The molecule has 0 radical (unpaired) electrons. The van der Waals surface area contributed by atoms with Gasteiger partial charge in [0.1, 0.15) is 0 Å². The molecule has 18 heavy (non-hydrogen) atoms. The molecule has 0 aliphatic carbocycles. The van der Waals surface area contributed by atoms with Crippen molar-refractivity contribution >= 4 is 0 Å². The van der Waals surface area contributed by atoms with Crippen LogP contribution in [0.4, 0.5) is 0 Å². The minimum absolute atomic E-state index is 1.25. The normalized spacial score (nSPS) is 6.44. The lowest BCUT2D eigenvalue weighted by Gasteiger charge is -1.54. The predicted octanol–water partition coefficient (Wildman–Crippen LogP) is 7.39. The molecule has 0 aromatic carbocycles. The van der Waals surface area contributed by atoms with Crippen LogP contribution >= 0.6 is 0 Å². The summed E-state index contributed by atoms with van der Waals surface area (Å²) < 4.78 is 0. The van der Waals surface area contributed by atoms with Crippen molar-refractivity contribution < 1.29 is 0 Å². The van der Waals surface area contributed by atoms with E-state index >= 15 is 0 Å². The lowest BCUT2D eigenvalue weighted by Crippen LogP contribution is -1.38. The Bertz CT molecular complexity index is 50.1. The van der Waals surface area contributed by atoms with Crippen molar-refractivity contribution in [2.75, 3.05) is 14.1 Å². The summed E-state index contributed by atoms with van der Waals surface area (Å²) in [7, 11) is 3.28. The Hall–Kier alpha value is -0.400. The van der Waals surface area contributed by atoms with Crippen molar-refractivity contribution in [2.24, 2.45) is 10.2 Å². The first kappa shape index (κ1) is 36.0. The molecule has 0 aromatic heterocycles. The van der Waals surface area contributed by atoms with Gasteiger partial charge in [0, 0.05) is 14.1 Å². The van der Waals surface area contributed by atoms with E-state index in [1.165, 1.54) is 25.7 Å². The molecular formula is C16H44N2. The van der Waals surface area contributed by atoms with E-state index in [0.717, 1.165) is 0 Å². The third-order valence-corrected chi connectivity index (χ3v) is 0.200. The van der Waals surface area contributed by atoms with E-state index in [2.05, 4.69) is 65.6 Å². The highest BCUT2D eigenvalue weighted by molar-refractivity contribution is 3.96. The molecule has 2 nitrogen and oxygen atoms in total. The van der Waals surface area contributed by atoms with Crippen molar-refractivity contribution in [2.45, 2.75) is 94.9 Å². The number of nitrogens with zero attached hydrogens (tertiary/aromatic N) is 2. The van der Waals surface area contributed by atoms with E-state index in [0.29, 0.717) is 0 Å². The smallest absolute Gasteiger partial charge is 0.0487 e. The van der Waals surface area contributed by atoms with Gasteiger partial charge in [-0.2, -0.15) is 10.2 Å². The summed E-state index contributed by atoms with van der Waals surface area (Å²) in [5, 5.41) is 6.72. The first-order chi connectivity index (χ1) is 8.57. The quantitative estimate of drug-likeness (QED) is 0.407. The second-order valence-electron chi connectivity index (χ2n) is 3.23. The molecule has 0 spiro atoms. The van der Waals surface area contributed by atoms with E-state index < -0.39 is 0 Å². The zero-order valence-corrected chi connectivity index (χ0v) is 15.7. The average molecular weight is 265 g/mol. The van der Waals surface area contributed by atoms with Crippen LogP contribution in [0, 0.1) is 0 Å². The molecule has 0 heterocycles. The Morgan fingerprint density at radius 1 is 0.444 bits per heavy atom. The minimum Gasteiger partial charge on any atom is -0.198 e. The zero-order valence-electron chi connectivity index (χ0n) is 15.7. The van der Waals surface area contributed by atoms with Crippen LogP contribution in [0.5, 0.6) is 0 Å². The predicted molar refractivity (Wildman–Crippen MR) is 91.9 cm³/mol. The first-order valence-corrected chi connectivity index (χ1v) is 7.75. The third-order valence-electron chi connectivity index (χ3n) is 0.200. The number of rotatable bonds is 0. The molecule has 0 bridgehead atoms. The van der Waals surface area contributed by atoms with Gasteiger partial charge >= 0.3 is 0 Å². The Kier molecular flexibility index (Phi) is 258. The van der Waals surface area contributed by atoms with Crippen molar-refractivity contribution in [3.63, 3.8) is 0 Å². The van der Waals surface area contributed by atoms with Gasteiger partial charge in [0.05, 0.1) is 0 Å². The van der Waals surface area contributed by atoms with Crippen molar-refractivity contribution in [1.29, 1.82) is 0 Å². The summed E-state index contributed by atoms with van der Waals surface area (Å²) in [5.41, 5.74) is 0. The fourth-order valence-corrected chi connectivity index (χ4v) is 0. The van der Waals surface area contributed by atoms with Gasteiger partial charge in [-0.05, 0) is 0 Å². The molecule has 2 heteroatoms. The van der Waals surface area contributed by atoms with Crippen molar-refractivity contribution in [1.82, 2.24) is 0 Å². The van der Waals surface area contributed by atoms with E-state index in [9.17, 15) is 0 Å². The van der Waals surface area contributed by atoms with Crippen LogP contribution in [0.25, 0.3) is 0 Å². The van der Waals surface area contributed by atoms with Crippen LogP contribution in [-0.4, -0.2) is 14.1 Å². The number of azo groups is 1. The standard InChI is InChI=1S/4C3H8.C2H6N2.C2H6/c4*1-3-2;1-3-4-2;1-2/h4*3H2,1-2H3;1-2H3;1-2H3. The van der Waals surface area contributed by atoms with E-state index in [1.807, 2.05) is 13.8 Å². The molecule has 0 aromatic rings. The van der Waals surface area contributed by atoms with Gasteiger partial charge < -0.3 is 0 Å². The van der Waals surface area contributed by atoms with Gasteiger partial charge in [0.2, 0.25) is 0 Å². The highest BCUT2D eigenvalue weighted by Gasteiger charge is 1.36. The average Bonchev–Trinajstić information content (AvgIpc) is 2.35. The fourth-order valence-electron chi connectivity index (χ4n) is 0. The maximum Gasteiger partial charge on any atom is 0.0487 e. The molecule has 0 fully saturated rings. The lowest BCUT2D eigenvalue weighted by molar-refractivity contribution is 1.09. The van der Waals surface area contributed by atoms with Crippen molar-refractivity contribution in [3.8, 4) is 0 Å². The van der Waals surface area contributed by atoms with E-state index in [-0.39, 0.29) is 0 Å². The highest BCUT2D eigenvalue weighted by Crippen LogP contribution is 1.57. The molecular weight excluding hydrogens is 220 g/mol. The van der Waals surface area contributed by atoms with Gasteiger partial charge in [-0.25, -0.2) is 0 Å². The van der Waals surface area contributed by atoms with Crippen LogP contribution < -0.4 is 0 Å².